The summed E-state index contributed by atoms with van der Waals surface area (Å²) in [4.78, 5) is 13.9. The van der Waals surface area contributed by atoms with Crippen LogP contribution in [0.1, 0.15) is 97.8 Å². The van der Waals surface area contributed by atoms with E-state index in [9.17, 15) is 4.79 Å². The number of hydrogen-bond acceptors (Lipinski definition) is 5. The first-order valence-electron chi connectivity index (χ1n) is 11.3. The summed E-state index contributed by atoms with van der Waals surface area (Å²) in [7, 11) is 0. The average molecular weight is 407 g/mol. The van der Waals surface area contributed by atoms with Crippen molar-refractivity contribution in [2.45, 2.75) is 103 Å². The van der Waals surface area contributed by atoms with Crippen LogP contribution in [0.2, 0.25) is 0 Å². The minimum absolute atomic E-state index is 0.312. The highest BCUT2D eigenvalue weighted by molar-refractivity contribution is 5.68. The first-order chi connectivity index (χ1) is 13.9. The summed E-state index contributed by atoms with van der Waals surface area (Å²) in [5, 5.41) is 20.5. The molecular formula is C23H42N4O2. The van der Waals surface area contributed by atoms with Gasteiger partial charge in [-0.25, -0.2) is 4.79 Å². The van der Waals surface area contributed by atoms with Gasteiger partial charge in [-0.2, -0.15) is 10.5 Å². The molecule has 0 rings (SSSR count). The van der Waals surface area contributed by atoms with Gasteiger partial charge in [0, 0.05) is 26.1 Å². The molecule has 0 saturated carbocycles. The fourth-order valence-corrected chi connectivity index (χ4v) is 3.04. The number of nitrogens with zero attached hydrogens (tertiary/aromatic N) is 3. The van der Waals surface area contributed by atoms with Gasteiger partial charge in [-0.1, -0.05) is 51.4 Å². The lowest BCUT2D eigenvalue weighted by Crippen LogP contribution is -2.38. The molecule has 0 unspecified atom stereocenters. The van der Waals surface area contributed by atoms with Crippen molar-refractivity contribution >= 4 is 6.09 Å². The number of hydrogen-bond donors (Lipinski definition) is 1. The van der Waals surface area contributed by atoms with Crippen LogP contribution in [0.25, 0.3) is 0 Å². The van der Waals surface area contributed by atoms with Gasteiger partial charge in [0.15, 0.2) is 0 Å². The van der Waals surface area contributed by atoms with Crippen LogP contribution >= 0.6 is 0 Å². The Morgan fingerprint density at radius 1 is 0.793 bits per heavy atom. The van der Waals surface area contributed by atoms with Gasteiger partial charge in [-0.15, -0.1) is 0 Å². The van der Waals surface area contributed by atoms with Crippen molar-refractivity contribution in [3.05, 3.63) is 0 Å². The lowest BCUT2D eigenvalue weighted by molar-refractivity contribution is 0.0250. The predicted octanol–water partition coefficient (Wildman–Crippen LogP) is 5.54. The van der Waals surface area contributed by atoms with Crippen molar-refractivity contribution in [1.82, 2.24) is 10.2 Å². The smallest absolute Gasteiger partial charge is 0.410 e. The third-order valence-electron chi connectivity index (χ3n) is 4.59. The number of nitriles is 2. The second kappa shape index (κ2) is 18.3. The number of unbranched alkanes of at least 4 members (excludes halogenated alkanes) is 9. The molecule has 0 spiro atoms. The van der Waals surface area contributed by atoms with Crippen molar-refractivity contribution in [2.75, 3.05) is 26.2 Å². The Kier molecular flexibility index (Phi) is 17.1. The summed E-state index contributed by atoms with van der Waals surface area (Å²) in [5.74, 6) is 0. The highest BCUT2D eigenvalue weighted by Gasteiger charge is 2.21. The molecule has 0 atom stereocenters. The van der Waals surface area contributed by atoms with E-state index in [0.717, 1.165) is 25.9 Å². The van der Waals surface area contributed by atoms with Gasteiger partial charge in [-0.3, -0.25) is 0 Å². The van der Waals surface area contributed by atoms with Gasteiger partial charge < -0.3 is 15.0 Å². The maximum absolute atomic E-state index is 12.2. The molecule has 0 saturated heterocycles. The number of amides is 1. The van der Waals surface area contributed by atoms with Crippen LogP contribution < -0.4 is 5.32 Å². The Morgan fingerprint density at radius 2 is 1.31 bits per heavy atom. The van der Waals surface area contributed by atoms with Crippen molar-refractivity contribution in [2.24, 2.45) is 0 Å². The zero-order valence-electron chi connectivity index (χ0n) is 19.0. The first kappa shape index (κ1) is 27.2. The van der Waals surface area contributed by atoms with E-state index in [-0.39, 0.29) is 6.09 Å². The van der Waals surface area contributed by atoms with Gasteiger partial charge in [0.05, 0.1) is 18.6 Å². The van der Waals surface area contributed by atoms with E-state index < -0.39 is 5.60 Å². The minimum Gasteiger partial charge on any atom is -0.444 e. The van der Waals surface area contributed by atoms with E-state index in [1.165, 1.54) is 51.4 Å². The van der Waals surface area contributed by atoms with Gasteiger partial charge in [0.25, 0.3) is 0 Å². The molecule has 0 radical (unpaired) electrons. The Hall–Kier alpha value is -1.79. The molecule has 0 aliphatic heterocycles. The maximum atomic E-state index is 12.2. The van der Waals surface area contributed by atoms with E-state index >= 15 is 0 Å². The van der Waals surface area contributed by atoms with Crippen molar-refractivity contribution in [1.29, 1.82) is 10.5 Å². The third-order valence-corrected chi connectivity index (χ3v) is 4.59. The molecular weight excluding hydrogens is 364 g/mol. The zero-order chi connectivity index (χ0) is 21.8. The van der Waals surface area contributed by atoms with Crippen molar-refractivity contribution in [3.63, 3.8) is 0 Å². The van der Waals surface area contributed by atoms with Crippen LogP contribution in [0.15, 0.2) is 0 Å². The summed E-state index contributed by atoms with van der Waals surface area (Å²) in [6, 6.07) is 4.25. The normalized spacial score (nSPS) is 10.9. The Balaban J connectivity index is 3.61. The van der Waals surface area contributed by atoms with E-state index in [4.69, 9.17) is 15.3 Å². The molecule has 1 amide bonds. The zero-order valence-corrected chi connectivity index (χ0v) is 19.0. The van der Waals surface area contributed by atoms with E-state index in [2.05, 4.69) is 17.5 Å². The summed E-state index contributed by atoms with van der Waals surface area (Å²) < 4.78 is 5.43. The SMILES string of the molecule is CC(C)(C)OC(=O)N(CCC#N)CCCCCCCCCCCCNCCC#N. The Morgan fingerprint density at radius 3 is 1.83 bits per heavy atom. The predicted molar refractivity (Wildman–Crippen MR) is 117 cm³/mol. The van der Waals surface area contributed by atoms with E-state index in [0.29, 0.717) is 25.9 Å². The minimum atomic E-state index is -0.504. The standard InChI is InChI=1S/C23H42N4O2/c1-23(2,3)29-22(28)27(21-15-17-25)20-13-11-9-7-5-4-6-8-10-12-18-26-19-14-16-24/h26H,4-15,18-21H2,1-3H3. The maximum Gasteiger partial charge on any atom is 0.410 e. The molecule has 0 fully saturated rings. The molecule has 0 aliphatic rings. The van der Waals surface area contributed by atoms with Gasteiger partial charge in [0.1, 0.15) is 5.60 Å². The van der Waals surface area contributed by atoms with Gasteiger partial charge in [0.2, 0.25) is 0 Å². The lowest BCUT2D eigenvalue weighted by atomic mass is 10.1. The molecule has 1 N–H and O–H groups in total. The van der Waals surface area contributed by atoms with E-state index in [1.807, 2.05) is 20.8 Å². The molecule has 6 nitrogen and oxygen atoms in total. The van der Waals surface area contributed by atoms with Crippen molar-refractivity contribution < 1.29 is 9.53 Å². The Bertz CT molecular complexity index is 489. The first-order valence-corrected chi connectivity index (χ1v) is 11.3. The summed E-state index contributed by atoms with van der Waals surface area (Å²) in [6.45, 7) is 8.53. The molecule has 29 heavy (non-hydrogen) atoms. The van der Waals surface area contributed by atoms with Crippen LogP contribution in [0, 0.1) is 22.7 Å². The highest BCUT2D eigenvalue weighted by atomic mass is 16.6. The molecule has 0 aliphatic carbocycles. The summed E-state index contributed by atoms with van der Waals surface area (Å²) in [5.41, 5.74) is -0.504. The average Bonchev–Trinajstić information content (AvgIpc) is 2.65. The number of ether oxygens (including phenoxy) is 1. The molecule has 0 heterocycles. The van der Waals surface area contributed by atoms with Crippen LogP contribution in [0.4, 0.5) is 4.79 Å². The third kappa shape index (κ3) is 19.3. The lowest BCUT2D eigenvalue weighted by Gasteiger charge is -2.27. The molecule has 0 aromatic heterocycles. The van der Waals surface area contributed by atoms with Crippen LogP contribution in [-0.2, 0) is 4.74 Å². The highest BCUT2D eigenvalue weighted by Crippen LogP contribution is 2.13. The number of nitrogens with one attached hydrogen (secondary N) is 1. The summed E-state index contributed by atoms with van der Waals surface area (Å²) in [6.07, 6.45) is 12.8. The van der Waals surface area contributed by atoms with Gasteiger partial charge >= 0.3 is 6.09 Å². The molecule has 0 aromatic rings. The molecule has 6 heteroatoms. The fraction of sp³-hybridized carbons (Fsp3) is 0.870. The van der Waals surface area contributed by atoms with E-state index in [1.54, 1.807) is 4.90 Å². The molecule has 0 aromatic carbocycles. The molecule has 0 bridgehead atoms. The second-order valence-corrected chi connectivity index (χ2v) is 8.57. The monoisotopic (exact) mass is 406 g/mol. The Labute approximate surface area is 178 Å². The number of carbonyl (C=O) groups is 1. The number of rotatable bonds is 17. The molecule has 166 valence electrons. The number of carbonyl (C=O) groups excluding carboxylic acids is 1. The second-order valence-electron chi connectivity index (χ2n) is 8.57. The topological polar surface area (TPSA) is 89.2 Å². The van der Waals surface area contributed by atoms with Crippen LogP contribution in [-0.4, -0.2) is 42.8 Å². The largest absolute Gasteiger partial charge is 0.444 e. The van der Waals surface area contributed by atoms with Gasteiger partial charge in [-0.05, 0) is 40.2 Å². The summed E-state index contributed by atoms with van der Waals surface area (Å²) >= 11 is 0. The van der Waals surface area contributed by atoms with Crippen LogP contribution in [0.5, 0.6) is 0 Å². The fourth-order valence-electron chi connectivity index (χ4n) is 3.04. The quantitative estimate of drug-likeness (QED) is 0.320. The van der Waals surface area contributed by atoms with Crippen LogP contribution in [0.3, 0.4) is 0 Å². The van der Waals surface area contributed by atoms with Crippen molar-refractivity contribution in [3.8, 4) is 12.1 Å².